The standard InChI is InChI=1S/C17H18N2S2/c1-12(2)16(15-7-4-9-20-15)19-14-6-3-5-13(11-14)17-18-8-10-21-17/h3-12,16,19H,1-2H3. The molecule has 0 amide bonds. The quantitative estimate of drug-likeness (QED) is 0.655. The van der Waals surface area contributed by atoms with E-state index in [2.05, 4.69) is 65.9 Å². The minimum absolute atomic E-state index is 0.344. The lowest BCUT2D eigenvalue weighted by Gasteiger charge is -2.22. The Balaban J connectivity index is 1.85. The molecule has 0 fully saturated rings. The predicted molar refractivity (Wildman–Crippen MR) is 93.1 cm³/mol. The van der Waals surface area contributed by atoms with Crippen LogP contribution < -0.4 is 5.32 Å². The highest BCUT2D eigenvalue weighted by Crippen LogP contribution is 2.31. The van der Waals surface area contributed by atoms with Crippen LogP contribution in [0, 0.1) is 5.92 Å². The molecule has 2 aromatic heterocycles. The third-order valence-electron chi connectivity index (χ3n) is 3.38. The molecule has 3 aromatic rings. The summed E-state index contributed by atoms with van der Waals surface area (Å²) < 4.78 is 0. The molecular formula is C17H18N2S2. The molecule has 0 aliphatic heterocycles. The van der Waals surface area contributed by atoms with E-state index < -0.39 is 0 Å². The molecule has 3 rings (SSSR count). The van der Waals surface area contributed by atoms with Crippen molar-refractivity contribution in [1.29, 1.82) is 0 Å². The summed E-state index contributed by atoms with van der Waals surface area (Å²) in [7, 11) is 0. The van der Waals surface area contributed by atoms with Crippen molar-refractivity contribution in [1.82, 2.24) is 4.98 Å². The second-order valence-electron chi connectivity index (χ2n) is 5.30. The zero-order valence-electron chi connectivity index (χ0n) is 12.1. The predicted octanol–water partition coefficient (Wildman–Crippen LogP) is 5.68. The van der Waals surface area contributed by atoms with Gasteiger partial charge in [0.15, 0.2) is 0 Å². The van der Waals surface area contributed by atoms with Crippen molar-refractivity contribution in [2.45, 2.75) is 19.9 Å². The Kier molecular flexibility index (Phi) is 4.36. The minimum Gasteiger partial charge on any atom is -0.377 e. The van der Waals surface area contributed by atoms with E-state index in [0.717, 1.165) is 10.7 Å². The Morgan fingerprint density at radius 3 is 2.62 bits per heavy atom. The first-order valence-corrected chi connectivity index (χ1v) is 8.80. The van der Waals surface area contributed by atoms with Crippen molar-refractivity contribution in [2.75, 3.05) is 5.32 Å². The maximum absolute atomic E-state index is 4.38. The normalized spacial score (nSPS) is 12.5. The number of anilines is 1. The SMILES string of the molecule is CC(C)C(Nc1cccc(-c2nccs2)c1)c1cccs1. The highest BCUT2D eigenvalue weighted by molar-refractivity contribution is 7.13. The van der Waals surface area contributed by atoms with E-state index >= 15 is 0 Å². The molecule has 0 aliphatic rings. The fraction of sp³-hybridized carbons (Fsp3) is 0.235. The Morgan fingerprint density at radius 1 is 1.05 bits per heavy atom. The zero-order chi connectivity index (χ0) is 14.7. The minimum atomic E-state index is 0.344. The summed E-state index contributed by atoms with van der Waals surface area (Å²) in [6.07, 6.45) is 1.85. The largest absolute Gasteiger partial charge is 0.377 e. The van der Waals surface area contributed by atoms with Gasteiger partial charge in [0.1, 0.15) is 5.01 Å². The van der Waals surface area contributed by atoms with Gasteiger partial charge in [-0.2, -0.15) is 0 Å². The number of aromatic nitrogens is 1. The number of thiophene rings is 1. The molecule has 0 radical (unpaired) electrons. The highest BCUT2D eigenvalue weighted by atomic mass is 32.1. The molecule has 0 saturated heterocycles. The molecule has 0 saturated carbocycles. The molecule has 4 heteroatoms. The number of hydrogen-bond donors (Lipinski definition) is 1. The van der Waals surface area contributed by atoms with Crippen LogP contribution in [0.1, 0.15) is 24.8 Å². The smallest absolute Gasteiger partial charge is 0.123 e. The molecule has 108 valence electrons. The molecule has 0 spiro atoms. The molecule has 1 atom stereocenters. The van der Waals surface area contributed by atoms with Crippen LogP contribution in [0.3, 0.4) is 0 Å². The molecule has 1 aromatic carbocycles. The number of hydrogen-bond acceptors (Lipinski definition) is 4. The van der Waals surface area contributed by atoms with Gasteiger partial charge in [-0.05, 0) is 29.5 Å². The lowest BCUT2D eigenvalue weighted by Crippen LogP contribution is -2.15. The molecule has 21 heavy (non-hydrogen) atoms. The van der Waals surface area contributed by atoms with Crippen molar-refractivity contribution in [3.05, 3.63) is 58.2 Å². The second kappa shape index (κ2) is 6.41. The summed E-state index contributed by atoms with van der Waals surface area (Å²) >= 11 is 3.48. The molecule has 0 bridgehead atoms. The van der Waals surface area contributed by atoms with Crippen molar-refractivity contribution in [3.63, 3.8) is 0 Å². The van der Waals surface area contributed by atoms with Crippen LogP contribution in [0.15, 0.2) is 53.4 Å². The van der Waals surface area contributed by atoms with Crippen molar-refractivity contribution >= 4 is 28.4 Å². The average molecular weight is 314 g/mol. The number of nitrogens with zero attached hydrogens (tertiary/aromatic N) is 1. The second-order valence-corrected chi connectivity index (χ2v) is 7.17. The molecule has 1 N–H and O–H groups in total. The molecule has 0 aliphatic carbocycles. The topological polar surface area (TPSA) is 24.9 Å². The number of benzene rings is 1. The maximum Gasteiger partial charge on any atom is 0.123 e. The fourth-order valence-corrected chi connectivity index (χ4v) is 3.91. The molecule has 2 heterocycles. The lowest BCUT2D eigenvalue weighted by atomic mass is 10.0. The van der Waals surface area contributed by atoms with Gasteiger partial charge in [-0.25, -0.2) is 4.98 Å². The summed E-state index contributed by atoms with van der Waals surface area (Å²) in [6.45, 7) is 4.50. The number of rotatable bonds is 5. The summed E-state index contributed by atoms with van der Waals surface area (Å²) in [5.74, 6) is 0.534. The summed E-state index contributed by atoms with van der Waals surface area (Å²) in [5.41, 5.74) is 2.32. The van der Waals surface area contributed by atoms with Gasteiger partial charge in [-0.15, -0.1) is 22.7 Å². The molecule has 2 nitrogen and oxygen atoms in total. The van der Waals surface area contributed by atoms with Crippen molar-refractivity contribution in [3.8, 4) is 10.6 Å². The Bertz CT molecular complexity index is 673. The third-order valence-corrected chi connectivity index (χ3v) is 5.16. The maximum atomic E-state index is 4.38. The molecule has 1 unspecified atom stereocenters. The third kappa shape index (κ3) is 3.34. The van der Waals surface area contributed by atoms with Gasteiger partial charge >= 0.3 is 0 Å². The first-order chi connectivity index (χ1) is 10.2. The van der Waals surface area contributed by atoms with Gasteiger partial charge in [0, 0.05) is 27.7 Å². The van der Waals surface area contributed by atoms with Gasteiger partial charge in [0.2, 0.25) is 0 Å². The first-order valence-electron chi connectivity index (χ1n) is 7.04. The van der Waals surface area contributed by atoms with Crippen LogP contribution in [-0.4, -0.2) is 4.98 Å². The highest BCUT2D eigenvalue weighted by Gasteiger charge is 2.16. The van der Waals surface area contributed by atoms with Gasteiger partial charge < -0.3 is 5.32 Å². The van der Waals surface area contributed by atoms with E-state index in [0.29, 0.717) is 12.0 Å². The van der Waals surface area contributed by atoms with Crippen LogP contribution in [-0.2, 0) is 0 Å². The summed E-state index contributed by atoms with van der Waals surface area (Å²) in [6, 6.07) is 13.2. The van der Waals surface area contributed by atoms with E-state index in [1.165, 1.54) is 10.4 Å². The Hall–Kier alpha value is -1.65. The van der Waals surface area contributed by atoms with E-state index in [9.17, 15) is 0 Å². The fourth-order valence-electron chi connectivity index (χ4n) is 2.32. The van der Waals surface area contributed by atoms with E-state index in [1.54, 1.807) is 11.3 Å². The summed E-state index contributed by atoms with van der Waals surface area (Å²) in [5, 5.41) is 8.89. The van der Waals surface area contributed by atoms with Gasteiger partial charge in [-0.1, -0.05) is 32.0 Å². The van der Waals surface area contributed by atoms with Crippen LogP contribution in [0.25, 0.3) is 10.6 Å². The Labute approximate surface area is 133 Å². The van der Waals surface area contributed by atoms with Crippen molar-refractivity contribution in [2.24, 2.45) is 5.92 Å². The summed E-state index contributed by atoms with van der Waals surface area (Å²) in [4.78, 5) is 5.76. The van der Waals surface area contributed by atoms with E-state index in [4.69, 9.17) is 0 Å². The lowest BCUT2D eigenvalue weighted by molar-refractivity contribution is 0.554. The molecular weight excluding hydrogens is 296 g/mol. The van der Waals surface area contributed by atoms with Crippen LogP contribution in [0.4, 0.5) is 5.69 Å². The zero-order valence-corrected chi connectivity index (χ0v) is 13.7. The Morgan fingerprint density at radius 2 is 1.95 bits per heavy atom. The van der Waals surface area contributed by atoms with Gasteiger partial charge in [-0.3, -0.25) is 0 Å². The monoisotopic (exact) mass is 314 g/mol. The van der Waals surface area contributed by atoms with Crippen LogP contribution in [0.2, 0.25) is 0 Å². The van der Waals surface area contributed by atoms with Crippen molar-refractivity contribution < 1.29 is 0 Å². The van der Waals surface area contributed by atoms with Crippen LogP contribution >= 0.6 is 22.7 Å². The van der Waals surface area contributed by atoms with Gasteiger partial charge in [0.05, 0.1) is 6.04 Å². The van der Waals surface area contributed by atoms with Gasteiger partial charge in [0.25, 0.3) is 0 Å². The number of thiazole rings is 1. The number of nitrogens with one attached hydrogen (secondary N) is 1. The first kappa shape index (κ1) is 14.3. The van der Waals surface area contributed by atoms with E-state index in [1.807, 2.05) is 22.9 Å². The van der Waals surface area contributed by atoms with Crippen LogP contribution in [0.5, 0.6) is 0 Å². The van der Waals surface area contributed by atoms with E-state index in [-0.39, 0.29) is 0 Å². The average Bonchev–Trinajstić information content (AvgIpc) is 3.18.